The number of hydrogen-bond acceptors (Lipinski definition) is 3. The molecule has 1 heterocycles. The second-order valence-corrected chi connectivity index (χ2v) is 5.22. The molecule has 2 rings (SSSR count). The molecule has 3 heteroatoms. The molecular weight excluding hydrogens is 218 g/mol. The second-order valence-electron chi connectivity index (χ2n) is 4.22. The van der Waals surface area contributed by atoms with Gasteiger partial charge >= 0.3 is 0 Å². The Morgan fingerprint density at radius 2 is 2.38 bits per heavy atom. The summed E-state index contributed by atoms with van der Waals surface area (Å²) in [4.78, 5) is 3.73. The van der Waals surface area contributed by atoms with Gasteiger partial charge < -0.3 is 5.11 Å². The summed E-state index contributed by atoms with van der Waals surface area (Å²) in [6.07, 6.45) is 4.04. The highest BCUT2D eigenvalue weighted by atomic mass is 32.1. The van der Waals surface area contributed by atoms with Crippen LogP contribution < -0.4 is 0 Å². The molecule has 1 fully saturated rings. The Morgan fingerprint density at radius 1 is 1.56 bits per heavy atom. The molecule has 1 saturated carbocycles. The molecular formula is C13H17NOS. The van der Waals surface area contributed by atoms with E-state index in [-0.39, 0.29) is 6.61 Å². The maximum Gasteiger partial charge on any atom is 0.104 e. The van der Waals surface area contributed by atoms with Gasteiger partial charge in [-0.2, -0.15) is 0 Å². The van der Waals surface area contributed by atoms with E-state index in [0.29, 0.717) is 0 Å². The maximum absolute atomic E-state index is 8.69. The van der Waals surface area contributed by atoms with Crippen molar-refractivity contribution in [2.75, 3.05) is 13.7 Å². The third kappa shape index (κ3) is 2.65. The zero-order valence-corrected chi connectivity index (χ0v) is 10.4. The van der Waals surface area contributed by atoms with E-state index in [9.17, 15) is 0 Å². The van der Waals surface area contributed by atoms with Gasteiger partial charge in [0, 0.05) is 23.0 Å². The van der Waals surface area contributed by atoms with Crippen LogP contribution in [0.4, 0.5) is 0 Å². The van der Waals surface area contributed by atoms with Crippen LogP contribution in [0.15, 0.2) is 11.4 Å². The molecule has 0 aromatic carbocycles. The normalized spacial score (nSPS) is 15.7. The lowest BCUT2D eigenvalue weighted by atomic mass is 9.92. The minimum Gasteiger partial charge on any atom is -0.384 e. The molecule has 0 aliphatic heterocycles. The summed E-state index contributed by atoms with van der Waals surface area (Å²) in [5, 5.41) is 10.8. The zero-order chi connectivity index (χ0) is 11.4. The Kier molecular flexibility index (Phi) is 4.00. The van der Waals surface area contributed by atoms with Crippen molar-refractivity contribution >= 4 is 11.3 Å². The Balaban J connectivity index is 2.00. The number of rotatable bonds is 3. The van der Waals surface area contributed by atoms with Gasteiger partial charge in [0.25, 0.3) is 0 Å². The monoisotopic (exact) mass is 235 g/mol. The molecule has 0 unspecified atom stereocenters. The van der Waals surface area contributed by atoms with Crippen LogP contribution in [0.1, 0.15) is 29.7 Å². The Hall–Kier alpha value is -0.820. The smallest absolute Gasteiger partial charge is 0.104 e. The number of thiophene rings is 1. The first-order chi connectivity index (χ1) is 7.81. The van der Waals surface area contributed by atoms with Crippen molar-refractivity contribution in [3.05, 3.63) is 21.9 Å². The van der Waals surface area contributed by atoms with Gasteiger partial charge in [-0.15, -0.1) is 11.3 Å². The molecule has 0 amide bonds. The molecule has 0 radical (unpaired) electrons. The lowest BCUT2D eigenvalue weighted by Crippen LogP contribution is -2.36. The van der Waals surface area contributed by atoms with Crippen molar-refractivity contribution in [1.82, 2.24) is 4.90 Å². The van der Waals surface area contributed by atoms with Crippen molar-refractivity contribution in [2.45, 2.75) is 31.8 Å². The average molecular weight is 235 g/mol. The standard InChI is InChI=1S/C13H17NOS/c1-14(12-5-2-6-12)10-13-11(4-3-8-15)7-9-16-13/h7,9,12,15H,2,5-6,8,10H2,1H3. The van der Waals surface area contributed by atoms with Crippen molar-refractivity contribution in [2.24, 2.45) is 0 Å². The molecule has 1 aromatic rings. The topological polar surface area (TPSA) is 23.5 Å². The summed E-state index contributed by atoms with van der Waals surface area (Å²) in [7, 11) is 2.19. The van der Waals surface area contributed by atoms with E-state index in [0.717, 1.165) is 18.2 Å². The van der Waals surface area contributed by atoms with E-state index in [4.69, 9.17) is 5.11 Å². The van der Waals surface area contributed by atoms with Crippen LogP contribution in [0.5, 0.6) is 0 Å². The van der Waals surface area contributed by atoms with Crippen LogP contribution in [0.2, 0.25) is 0 Å². The Bertz CT molecular complexity index is 398. The molecule has 0 saturated heterocycles. The van der Waals surface area contributed by atoms with Crippen LogP contribution in [-0.2, 0) is 6.54 Å². The number of nitrogens with zero attached hydrogens (tertiary/aromatic N) is 1. The van der Waals surface area contributed by atoms with Crippen LogP contribution in [0, 0.1) is 11.8 Å². The zero-order valence-electron chi connectivity index (χ0n) is 9.57. The molecule has 2 nitrogen and oxygen atoms in total. The van der Waals surface area contributed by atoms with Crippen LogP contribution in [0.3, 0.4) is 0 Å². The number of aliphatic hydroxyl groups is 1. The van der Waals surface area contributed by atoms with Gasteiger partial charge in [-0.05, 0) is 31.3 Å². The molecule has 16 heavy (non-hydrogen) atoms. The first-order valence-corrected chi connectivity index (χ1v) is 6.55. The average Bonchev–Trinajstić information content (AvgIpc) is 2.59. The summed E-state index contributed by atoms with van der Waals surface area (Å²) in [5.41, 5.74) is 1.07. The van der Waals surface area contributed by atoms with E-state index in [1.807, 2.05) is 6.07 Å². The van der Waals surface area contributed by atoms with Gasteiger partial charge in [0.1, 0.15) is 6.61 Å². The minimum atomic E-state index is -0.0618. The minimum absolute atomic E-state index is 0.0618. The summed E-state index contributed by atoms with van der Waals surface area (Å²) in [6.45, 7) is 0.922. The fourth-order valence-electron chi connectivity index (χ4n) is 1.89. The van der Waals surface area contributed by atoms with E-state index >= 15 is 0 Å². The SMILES string of the molecule is CN(Cc1sccc1C#CCO)C1CCC1. The van der Waals surface area contributed by atoms with Gasteiger partial charge in [0.2, 0.25) is 0 Å². The number of hydrogen-bond donors (Lipinski definition) is 1. The summed E-state index contributed by atoms with van der Waals surface area (Å²) in [5.74, 6) is 5.72. The lowest BCUT2D eigenvalue weighted by molar-refractivity contribution is 0.154. The molecule has 1 N–H and O–H groups in total. The predicted molar refractivity (Wildman–Crippen MR) is 67.4 cm³/mol. The fraction of sp³-hybridized carbons (Fsp3) is 0.538. The van der Waals surface area contributed by atoms with E-state index in [1.165, 1.54) is 24.1 Å². The molecule has 1 aliphatic rings. The largest absolute Gasteiger partial charge is 0.384 e. The summed E-state index contributed by atoms with van der Waals surface area (Å²) < 4.78 is 0. The van der Waals surface area contributed by atoms with Crippen molar-refractivity contribution in [3.8, 4) is 11.8 Å². The summed E-state index contributed by atoms with van der Waals surface area (Å²) in [6, 6.07) is 2.80. The highest BCUT2D eigenvalue weighted by molar-refractivity contribution is 7.10. The first-order valence-electron chi connectivity index (χ1n) is 5.67. The quantitative estimate of drug-likeness (QED) is 0.811. The Morgan fingerprint density at radius 3 is 3.00 bits per heavy atom. The van der Waals surface area contributed by atoms with Crippen LogP contribution in [-0.4, -0.2) is 29.7 Å². The van der Waals surface area contributed by atoms with E-state index in [2.05, 4.69) is 29.2 Å². The molecule has 0 spiro atoms. The van der Waals surface area contributed by atoms with Gasteiger partial charge in [-0.25, -0.2) is 0 Å². The fourth-order valence-corrected chi connectivity index (χ4v) is 2.78. The maximum atomic E-state index is 8.69. The molecule has 0 bridgehead atoms. The van der Waals surface area contributed by atoms with Gasteiger partial charge in [0.05, 0.1) is 0 Å². The second kappa shape index (κ2) is 5.49. The molecule has 1 aliphatic carbocycles. The van der Waals surface area contributed by atoms with Gasteiger partial charge in [0.15, 0.2) is 0 Å². The first kappa shape index (κ1) is 11.7. The highest BCUT2D eigenvalue weighted by Gasteiger charge is 2.22. The highest BCUT2D eigenvalue weighted by Crippen LogP contribution is 2.26. The molecule has 0 atom stereocenters. The molecule has 86 valence electrons. The third-order valence-electron chi connectivity index (χ3n) is 3.14. The van der Waals surface area contributed by atoms with Crippen LogP contribution in [0.25, 0.3) is 0 Å². The number of aliphatic hydroxyl groups excluding tert-OH is 1. The van der Waals surface area contributed by atoms with Gasteiger partial charge in [-0.3, -0.25) is 4.90 Å². The van der Waals surface area contributed by atoms with E-state index < -0.39 is 0 Å². The lowest BCUT2D eigenvalue weighted by Gasteiger charge is -2.34. The van der Waals surface area contributed by atoms with Crippen molar-refractivity contribution in [3.63, 3.8) is 0 Å². The molecule has 1 aromatic heterocycles. The Labute approximate surface area is 101 Å². The van der Waals surface area contributed by atoms with Crippen LogP contribution >= 0.6 is 11.3 Å². The van der Waals surface area contributed by atoms with Gasteiger partial charge in [-0.1, -0.05) is 18.3 Å². The van der Waals surface area contributed by atoms with Crippen molar-refractivity contribution in [1.29, 1.82) is 0 Å². The predicted octanol–water partition coefficient (Wildman–Crippen LogP) is 2.08. The third-order valence-corrected chi connectivity index (χ3v) is 4.04. The van der Waals surface area contributed by atoms with E-state index in [1.54, 1.807) is 11.3 Å². The summed E-state index contributed by atoms with van der Waals surface area (Å²) >= 11 is 1.75. The van der Waals surface area contributed by atoms with Crippen molar-refractivity contribution < 1.29 is 5.11 Å².